The lowest BCUT2D eigenvalue weighted by atomic mass is 10.1. The van der Waals surface area contributed by atoms with Gasteiger partial charge in [0.1, 0.15) is 11.6 Å². The highest BCUT2D eigenvalue weighted by Crippen LogP contribution is 2.26. The molecule has 0 unspecified atom stereocenters. The Morgan fingerprint density at radius 2 is 2.06 bits per heavy atom. The summed E-state index contributed by atoms with van der Waals surface area (Å²) >= 11 is 0. The summed E-state index contributed by atoms with van der Waals surface area (Å²) in [6, 6.07) is 5.31. The van der Waals surface area contributed by atoms with E-state index in [1.807, 2.05) is 11.8 Å². The van der Waals surface area contributed by atoms with Crippen LogP contribution in [0.5, 0.6) is 0 Å². The summed E-state index contributed by atoms with van der Waals surface area (Å²) < 4.78 is 43.9. The van der Waals surface area contributed by atoms with Crippen molar-refractivity contribution >= 4 is 27.4 Å². The molecule has 1 atom stereocenters. The molecule has 9 nitrogen and oxygen atoms in total. The average Bonchev–Trinajstić information content (AvgIpc) is 2.67. The summed E-state index contributed by atoms with van der Waals surface area (Å²) in [5.74, 6) is -0.147. The third-order valence-corrected chi connectivity index (χ3v) is 5.55. The van der Waals surface area contributed by atoms with Crippen LogP contribution in [-0.4, -0.2) is 62.5 Å². The highest BCUT2D eigenvalue weighted by molar-refractivity contribution is 7.89. The van der Waals surface area contributed by atoms with E-state index in [2.05, 4.69) is 20.6 Å². The SMILES string of the molecule is CC(C)NC(=O)Nc1ccc(-c2nc(CS(C)(=O)=O)cc(N3CCOC[C@H]3C)n2)cc1F. The number of urea groups is 1. The van der Waals surface area contributed by atoms with Gasteiger partial charge in [-0.2, -0.15) is 0 Å². The largest absolute Gasteiger partial charge is 0.377 e. The number of carbonyl (C=O) groups excluding carboxylic acids is 1. The summed E-state index contributed by atoms with van der Waals surface area (Å²) in [7, 11) is -3.34. The molecule has 1 aromatic heterocycles. The van der Waals surface area contributed by atoms with Gasteiger partial charge in [0.05, 0.1) is 36.4 Å². The van der Waals surface area contributed by atoms with Crippen LogP contribution in [-0.2, 0) is 20.3 Å². The van der Waals surface area contributed by atoms with E-state index in [0.29, 0.717) is 36.8 Å². The maximum atomic E-state index is 14.7. The first kappa shape index (κ1) is 23.9. The number of nitrogens with one attached hydrogen (secondary N) is 2. The minimum absolute atomic E-state index is 0.0150. The van der Waals surface area contributed by atoms with Crippen molar-refractivity contribution in [3.63, 3.8) is 0 Å². The van der Waals surface area contributed by atoms with Gasteiger partial charge in [-0.3, -0.25) is 0 Å². The average molecular weight is 466 g/mol. The Morgan fingerprint density at radius 1 is 1.31 bits per heavy atom. The van der Waals surface area contributed by atoms with Crippen LogP contribution in [0.3, 0.4) is 0 Å². The van der Waals surface area contributed by atoms with Crippen molar-refractivity contribution < 1.29 is 22.3 Å². The lowest BCUT2D eigenvalue weighted by Gasteiger charge is -2.34. The van der Waals surface area contributed by atoms with Crippen molar-refractivity contribution in [1.82, 2.24) is 15.3 Å². The maximum absolute atomic E-state index is 14.7. The maximum Gasteiger partial charge on any atom is 0.319 e. The molecule has 174 valence electrons. The first-order valence-electron chi connectivity index (χ1n) is 10.3. The number of ether oxygens (including phenoxy) is 1. The van der Waals surface area contributed by atoms with Crippen molar-refractivity contribution in [3.8, 4) is 11.4 Å². The number of carbonyl (C=O) groups is 1. The van der Waals surface area contributed by atoms with Gasteiger partial charge in [0.2, 0.25) is 0 Å². The van der Waals surface area contributed by atoms with Crippen LogP contribution in [0, 0.1) is 5.82 Å². The molecule has 1 aliphatic rings. The fourth-order valence-corrected chi connectivity index (χ4v) is 4.03. The molecule has 11 heteroatoms. The second kappa shape index (κ2) is 9.78. The number of benzene rings is 1. The smallest absolute Gasteiger partial charge is 0.319 e. The summed E-state index contributed by atoms with van der Waals surface area (Å²) in [6.45, 7) is 7.23. The first-order valence-corrected chi connectivity index (χ1v) is 12.4. The van der Waals surface area contributed by atoms with Crippen LogP contribution in [0.1, 0.15) is 26.5 Å². The van der Waals surface area contributed by atoms with E-state index in [-0.39, 0.29) is 29.3 Å². The van der Waals surface area contributed by atoms with Gasteiger partial charge in [0.25, 0.3) is 0 Å². The molecule has 0 saturated carbocycles. The second-order valence-corrected chi connectivity index (χ2v) is 10.3. The number of halogens is 1. The number of anilines is 2. The Hall–Kier alpha value is -2.79. The topological polar surface area (TPSA) is 114 Å². The molecule has 0 aliphatic carbocycles. The number of morpholine rings is 1. The van der Waals surface area contributed by atoms with Gasteiger partial charge in [-0.05, 0) is 39.0 Å². The molecular weight excluding hydrogens is 437 g/mol. The van der Waals surface area contributed by atoms with Gasteiger partial charge in [-0.15, -0.1) is 0 Å². The molecule has 0 radical (unpaired) electrons. The van der Waals surface area contributed by atoms with Crippen LogP contribution in [0.4, 0.5) is 20.7 Å². The Balaban J connectivity index is 1.96. The Bertz CT molecular complexity index is 1090. The fraction of sp³-hybridized carbons (Fsp3) is 0.476. The normalized spacial score (nSPS) is 16.8. The quantitative estimate of drug-likeness (QED) is 0.674. The molecule has 2 heterocycles. The number of nitrogens with zero attached hydrogens (tertiary/aromatic N) is 3. The van der Waals surface area contributed by atoms with E-state index in [4.69, 9.17) is 4.74 Å². The third kappa shape index (κ3) is 6.36. The van der Waals surface area contributed by atoms with Crippen molar-refractivity contribution in [2.75, 3.05) is 36.2 Å². The second-order valence-electron chi connectivity index (χ2n) is 8.18. The summed E-state index contributed by atoms with van der Waals surface area (Å²) in [5, 5.41) is 5.09. The highest BCUT2D eigenvalue weighted by atomic mass is 32.2. The van der Waals surface area contributed by atoms with Gasteiger partial charge in [0, 0.05) is 30.5 Å². The standard InChI is InChI=1S/C21H28FN5O4S/c1-13(2)23-21(28)25-18-6-5-15(9-17(18)22)20-24-16(12-32(4,29)30)10-19(26-20)27-7-8-31-11-14(27)3/h5-6,9-10,13-14H,7-8,11-12H2,1-4H3,(H2,23,25,28)/t14-/m1/s1. The van der Waals surface area contributed by atoms with E-state index in [1.54, 1.807) is 26.0 Å². The number of hydrogen-bond donors (Lipinski definition) is 2. The van der Waals surface area contributed by atoms with Crippen molar-refractivity contribution in [1.29, 1.82) is 0 Å². The monoisotopic (exact) mass is 465 g/mol. The minimum Gasteiger partial charge on any atom is -0.377 e. The van der Waals surface area contributed by atoms with Gasteiger partial charge in [-0.25, -0.2) is 27.6 Å². The van der Waals surface area contributed by atoms with Gasteiger partial charge in [-0.1, -0.05) is 0 Å². The zero-order valence-electron chi connectivity index (χ0n) is 18.6. The van der Waals surface area contributed by atoms with Crippen LogP contribution < -0.4 is 15.5 Å². The summed E-state index contributed by atoms with van der Waals surface area (Å²) in [4.78, 5) is 22.8. The first-order chi connectivity index (χ1) is 15.0. The number of amides is 2. The predicted octanol–water partition coefficient (Wildman–Crippen LogP) is 2.58. The molecule has 1 aromatic carbocycles. The van der Waals surface area contributed by atoms with E-state index < -0.39 is 21.7 Å². The Morgan fingerprint density at radius 3 is 2.69 bits per heavy atom. The zero-order chi connectivity index (χ0) is 23.5. The van der Waals surface area contributed by atoms with Gasteiger partial charge < -0.3 is 20.3 Å². The summed E-state index contributed by atoms with van der Waals surface area (Å²) in [5.41, 5.74) is 0.709. The fourth-order valence-electron chi connectivity index (χ4n) is 3.35. The number of hydrogen-bond acceptors (Lipinski definition) is 7. The Labute approximate surface area is 187 Å². The molecule has 1 aliphatic heterocycles. The summed E-state index contributed by atoms with van der Waals surface area (Å²) in [6.07, 6.45) is 1.13. The van der Waals surface area contributed by atoms with Crippen molar-refractivity contribution in [2.45, 2.75) is 38.6 Å². The number of aromatic nitrogens is 2. The van der Waals surface area contributed by atoms with E-state index in [1.165, 1.54) is 12.1 Å². The molecule has 0 bridgehead atoms. The molecule has 1 fully saturated rings. The van der Waals surface area contributed by atoms with E-state index >= 15 is 0 Å². The molecule has 1 saturated heterocycles. The van der Waals surface area contributed by atoms with Gasteiger partial charge in [0.15, 0.2) is 15.7 Å². The van der Waals surface area contributed by atoms with E-state index in [0.717, 1.165) is 6.26 Å². The van der Waals surface area contributed by atoms with Gasteiger partial charge >= 0.3 is 6.03 Å². The van der Waals surface area contributed by atoms with E-state index in [9.17, 15) is 17.6 Å². The van der Waals surface area contributed by atoms with Crippen LogP contribution in [0.15, 0.2) is 24.3 Å². The highest BCUT2D eigenvalue weighted by Gasteiger charge is 2.23. The van der Waals surface area contributed by atoms with Crippen molar-refractivity contribution in [2.24, 2.45) is 0 Å². The predicted molar refractivity (Wildman–Crippen MR) is 121 cm³/mol. The molecule has 2 amide bonds. The van der Waals surface area contributed by atoms with Crippen LogP contribution >= 0.6 is 0 Å². The minimum atomic E-state index is -3.34. The van der Waals surface area contributed by atoms with Crippen molar-refractivity contribution in [3.05, 3.63) is 35.8 Å². The lowest BCUT2D eigenvalue weighted by Crippen LogP contribution is -2.44. The lowest BCUT2D eigenvalue weighted by molar-refractivity contribution is 0.0985. The van der Waals surface area contributed by atoms with Crippen LogP contribution in [0.25, 0.3) is 11.4 Å². The molecule has 2 aromatic rings. The zero-order valence-corrected chi connectivity index (χ0v) is 19.4. The Kier molecular flexibility index (Phi) is 7.29. The molecular formula is C21H28FN5O4S. The molecule has 32 heavy (non-hydrogen) atoms. The molecule has 2 N–H and O–H groups in total. The van der Waals surface area contributed by atoms with Crippen LogP contribution in [0.2, 0.25) is 0 Å². The number of rotatable bonds is 6. The molecule has 0 spiro atoms. The number of sulfone groups is 1. The third-order valence-electron chi connectivity index (χ3n) is 4.73. The molecule has 3 rings (SSSR count).